The third-order valence-corrected chi connectivity index (χ3v) is 11.9. The van der Waals surface area contributed by atoms with E-state index < -0.39 is 11.7 Å². The second-order valence-electron chi connectivity index (χ2n) is 15.1. The molecule has 3 saturated heterocycles. The van der Waals surface area contributed by atoms with Crippen LogP contribution < -0.4 is 10.1 Å². The molecule has 7 rings (SSSR count). The summed E-state index contributed by atoms with van der Waals surface area (Å²) in [6, 6.07) is 20.7. The summed E-state index contributed by atoms with van der Waals surface area (Å²) in [5.74, 6) is 1.50. The van der Waals surface area contributed by atoms with Gasteiger partial charge in [-0.3, -0.25) is 0 Å². The fraction of sp³-hybridized carbons (Fsp3) is 0.561. The molecule has 6 N–H and O–H groups in total. The van der Waals surface area contributed by atoms with Crippen LogP contribution in [0.1, 0.15) is 91.8 Å². The molecule has 1 aliphatic carbocycles. The van der Waals surface area contributed by atoms with E-state index in [0.29, 0.717) is 36.0 Å². The van der Waals surface area contributed by atoms with E-state index in [4.69, 9.17) is 9.47 Å². The highest BCUT2D eigenvalue weighted by atomic mass is 16.5. The number of rotatable bonds is 17. The quantitative estimate of drug-likeness (QED) is 0.0839. The molecule has 9 heteroatoms. The number of nitrogens with zero attached hydrogens (tertiary/aromatic N) is 1. The predicted molar refractivity (Wildman–Crippen MR) is 192 cm³/mol. The summed E-state index contributed by atoms with van der Waals surface area (Å²) in [6.07, 6.45) is 7.05. The van der Waals surface area contributed by atoms with Crippen molar-refractivity contribution in [3.05, 3.63) is 94.5 Å². The van der Waals surface area contributed by atoms with Crippen LogP contribution in [0.15, 0.2) is 66.7 Å². The molecule has 0 spiro atoms. The molecule has 3 heterocycles. The van der Waals surface area contributed by atoms with E-state index in [1.165, 1.54) is 32.0 Å². The number of piperidine rings is 3. The highest BCUT2D eigenvalue weighted by Crippen LogP contribution is 2.43. The Bertz CT molecular complexity index is 1520. The van der Waals surface area contributed by atoms with Gasteiger partial charge in [-0.05, 0) is 66.6 Å². The summed E-state index contributed by atoms with van der Waals surface area (Å²) in [4.78, 5) is 0. The number of aliphatic hydroxyl groups excluding tert-OH is 3. The van der Waals surface area contributed by atoms with Crippen molar-refractivity contribution in [2.75, 3.05) is 45.9 Å². The van der Waals surface area contributed by atoms with Crippen LogP contribution in [-0.2, 0) is 23.6 Å². The summed E-state index contributed by atoms with van der Waals surface area (Å²) < 4.78 is 14.0. The Hall–Kier alpha value is -3.02. The molecule has 3 aromatic rings. The molecule has 0 radical (unpaired) electrons. The van der Waals surface area contributed by atoms with Crippen molar-refractivity contribution < 1.29 is 39.5 Å². The minimum Gasteiger partial charge on any atom is -0.508 e. The maximum absolute atomic E-state index is 12.0. The normalized spacial score (nSPS) is 24.6. The summed E-state index contributed by atoms with van der Waals surface area (Å²) in [5, 5.41) is 55.5. The van der Waals surface area contributed by atoms with Gasteiger partial charge in [0.2, 0.25) is 0 Å². The van der Waals surface area contributed by atoms with Crippen LogP contribution >= 0.6 is 0 Å². The Balaban J connectivity index is 0.990. The Labute approximate surface area is 297 Å². The monoisotopic (exact) mass is 689 g/mol. The molecular weight excluding hydrogens is 632 g/mol. The van der Waals surface area contributed by atoms with Gasteiger partial charge in [0.15, 0.2) is 0 Å². The van der Waals surface area contributed by atoms with Gasteiger partial charge in [0.1, 0.15) is 29.7 Å². The van der Waals surface area contributed by atoms with Gasteiger partial charge in [-0.25, -0.2) is 0 Å². The van der Waals surface area contributed by atoms with E-state index in [1.807, 2.05) is 43.3 Å². The first-order valence-electron chi connectivity index (χ1n) is 18.7. The minimum absolute atomic E-state index is 0.00507. The SMILES string of the molecule is C[C@@H](NC[C@H](O)c1ccc(O)c(CO)c1)c1ccc(OCCC[N+]23CCC(CC2)[C@@H](OCC(O)(c2ccccc2)C2CCCC2)C3)c(CO)c1. The molecule has 2 bridgehead atoms. The lowest BCUT2D eigenvalue weighted by Crippen LogP contribution is -2.65. The fourth-order valence-corrected chi connectivity index (χ4v) is 8.70. The average Bonchev–Trinajstić information content (AvgIpc) is 3.72. The smallest absolute Gasteiger partial charge is 0.124 e. The topological polar surface area (TPSA) is 132 Å². The Morgan fingerprint density at radius 2 is 1.60 bits per heavy atom. The number of ether oxygens (including phenoxy) is 2. The number of phenols is 1. The van der Waals surface area contributed by atoms with Gasteiger partial charge in [-0.15, -0.1) is 0 Å². The number of aliphatic hydroxyl groups is 4. The van der Waals surface area contributed by atoms with E-state index in [-0.39, 0.29) is 43.6 Å². The van der Waals surface area contributed by atoms with Gasteiger partial charge >= 0.3 is 0 Å². The number of nitrogens with one attached hydrogen (secondary N) is 1. The molecule has 3 aromatic carbocycles. The lowest BCUT2D eigenvalue weighted by atomic mass is 9.80. The zero-order chi connectivity index (χ0) is 35.1. The number of benzene rings is 3. The third kappa shape index (κ3) is 8.37. The van der Waals surface area contributed by atoms with Crippen molar-refractivity contribution in [2.45, 2.75) is 88.9 Å². The van der Waals surface area contributed by atoms with Gasteiger partial charge in [0, 0.05) is 48.9 Å². The molecule has 4 fully saturated rings. The van der Waals surface area contributed by atoms with Gasteiger partial charge in [-0.2, -0.15) is 0 Å². The number of aromatic hydroxyl groups is 1. The van der Waals surface area contributed by atoms with Gasteiger partial charge in [0.05, 0.1) is 52.2 Å². The third-order valence-electron chi connectivity index (χ3n) is 11.9. The van der Waals surface area contributed by atoms with E-state index in [1.54, 1.807) is 12.1 Å². The van der Waals surface area contributed by atoms with Crippen molar-refractivity contribution in [3.8, 4) is 11.5 Å². The molecule has 1 unspecified atom stereocenters. The van der Waals surface area contributed by atoms with Crippen LogP contribution in [0.4, 0.5) is 0 Å². The van der Waals surface area contributed by atoms with Gasteiger partial charge in [-0.1, -0.05) is 55.3 Å². The molecule has 272 valence electrons. The standard InChI is InChI=1S/C41H56N2O7/c1-29(42-24-38(47)32-12-14-37(46)33(23-32)26-44)31-13-15-39(34(22-31)27-45)49-21-7-18-43-19-16-30(17-20-43)40(25-43)50-28-41(48,36-10-5-6-11-36)35-8-3-2-4-9-35/h2-4,8-9,12-15,22-23,29-30,36,38,40,42,44-45,47-48H,5-7,10-11,16-21,24-28H2,1H3/p+1/t29-,30?,38+,40+,41?,43?/m1/s1. The van der Waals surface area contributed by atoms with Crippen molar-refractivity contribution in [1.29, 1.82) is 0 Å². The van der Waals surface area contributed by atoms with E-state index >= 15 is 0 Å². The molecule has 3 aliphatic heterocycles. The first kappa shape index (κ1) is 36.8. The molecule has 1 saturated carbocycles. The molecule has 0 aromatic heterocycles. The van der Waals surface area contributed by atoms with Crippen LogP contribution in [0, 0.1) is 11.8 Å². The van der Waals surface area contributed by atoms with E-state index in [9.17, 15) is 25.5 Å². The van der Waals surface area contributed by atoms with Crippen LogP contribution in [0.3, 0.4) is 0 Å². The van der Waals surface area contributed by atoms with Crippen LogP contribution in [0.2, 0.25) is 0 Å². The number of fused-ring (bicyclic) bond motifs is 3. The maximum Gasteiger partial charge on any atom is 0.124 e. The number of hydrogen-bond donors (Lipinski definition) is 6. The predicted octanol–water partition coefficient (Wildman–Crippen LogP) is 5.23. The first-order chi connectivity index (χ1) is 24.2. The van der Waals surface area contributed by atoms with Crippen molar-refractivity contribution in [2.24, 2.45) is 11.8 Å². The lowest BCUT2D eigenvalue weighted by Gasteiger charge is -2.53. The summed E-state index contributed by atoms with van der Waals surface area (Å²) >= 11 is 0. The molecule has 50 heavy (non-hydrogen) atoms. The van der Waals surface area contributed by atoms with Crippen LogP contribution in [0.5, 0.6) is 11.5 Å². The minimum atomic E-state index is -0.934. The zero-order valence-electron chi connectivity index (χ0n) is 29.6. The second-order valence-corrected chi connectivity index (χ2v) is 15.1. The molecule has 0 amide bonds. The van der Waals surface area contributed by atoms with Crippen molar-refractivity contribution >= 4 is 0 Å². The highest BCUT2D eigenvalue weighted by molar-refractivity contribution is 5.39. The molecule has 4 atom stereocenters. The Kier molecular flexibility index (Phi) is 12.2. The summed E-state index contributed by atoms with van der Waals surface area (Å²) in [7, 11) is 0. The number of quaternary nitrogens is 1. The summed E-state index contributed by atoms with van der Waals surface area (Å²) in [5.41, 5.74) is 2.75. The number of hydrogen-bond acceptors (Lipinski definition) is 8. The highest BCUT2D eigenvalue weighted by Gasteiger charge is 2.48. The van der Waals surface area contributed by atoms with E-state index in [2.05, 4.69) is 17.4 Å². The van der Waals surface area contributed by atoms with E-state index in [0.717, 1.165) is 66.4 Å². The largest absolute Gasteiger partial charge is 0.508 e. The van der Waals surface area contributed by atoms with Crippen LogP contribution in [-0.4, -0.2) is 82.1 Å². The van der Waals surface area contributed by atoms with Crippen molar-refractivity contribution in [1.82, 2.24) is 5.32 Å². The molecule has 9 nitrogen and oxygen atoms in total. The van der Waals surface area contributed by atoms with Gasteiger partial charge in [0.25, 0.3) is 0 Å². The lowest BCUT2D eigenvalue weighted by molar-refractivity contribution is -0.946. The van der Waals surface area contributed by atoms with Crippen molar-refractivity contribution in [3.63, 3.8) is 0 Å². The molecular formula is C41H57N2O7+. The molecule has 4 aliphatic rings. The average molecular weight is 690 g/mol. The fourth-order valence-electron chi connectivity index (χ4n) is 8.70. The summed E-state index contributed by atoms with van der Waals surface area (Å²) in [6.45, 7) is 7.14. The zero-order valence-corrected chi connectivity index (χ0v) is 29.6. The second kappa shape index (κ2) is 16.5. The van der Waals surface area contributed by atoms with Gasteiger partial charge < -0.3 is 44.8 Å². The Morgan fingerprint density at radius 3 is 2.32 bits per heavy atom. The Morgan fingerprint density at radius 1 is 0.900 bits per heavy atom. The first-order valence-corrected chi connectivity index (χ1v) is 18.7. The maximum atomic E-state index is 12.0. The van der Waals surface area contributed by atoms with Crippen LogP contribution in [0.25, 0.3) is 0 Å².